The van der Waals surface area contributed by atoms with E-state index in [9.17, 15) is 26.3 Å². The van der Waals surface area contributed by atoms with E-state index in [0.717, 1.165) is 38.2 Å². The number of ether oxygens (including phenoxy) is 2. The summed E-state index contributed by atoms with van der Waals surface area (Å²) in [5.74, 6) is -1.27. The molecule has 0 radical (unpaired) electrons. The highest BCUT2D eigenvalue weighted by atomic mass is 19.4. The maximum Gasteiger partial charge on any atom is 0.411 e. The van der Waals surface area contributed by atoms with Crippen LogP contribution in [0.5, 0.6) is 0 Å². The molecule has 0 aliphatic carbocycles. The maximum absolute atomic E-state index is 12.4. The molecule has 0 heterocycles. The summed E-state index contributed by atoms with van der Waals surface area (Å²) in [5, 5.41) is 0. The van der Waals surface area contributed by atoms with Crippen molar-refractivity contribution in [3.63, 3.8) is 0 Å². The van der Waals surface area contributed by atoms with Gasteiger partial charge in [0.05, 0.1) is 0 Å². The molecule has 0 bridgehead atoms. The van der Waals surface area contributed by atoms with E-state index >= 15 is 0 Å². The standard InChI is InChI=1S/C22H36F6O2/c1-17(2)9-6-10-18(3)11-7-12-19(4)13-8-14-20(5,29-15-21(23,24)25)30-16-22(26,27)28/h11,13,17H,6-10,12,14-16H2,1-5H3/b18-11+,19-13-. The van der Waals surface area contributed by atoms with E-state index in [1.807, 2.05) is 13.0 Å². The van der Waals surface area contributed by atoms with Crippen molar-refractivity contribution in [1.29, 1.82) is 0 Å². The zero-order valence-corrected chi connectivity index (χ0v) is 18.7. The van der Waals surface area contributed by atoms with E-state index in [0.29, 0.717) is 5.92 Å². The van der Waals surface area contributed by atoms with Crippen LogP contribution in [0, 0.1) is 5.92 Å². The Labute approximate surface area is 176 Å². The molecular weight excluding hydrogens is 410 g/mol. The average Bonchev–Trinajstić information content (AvgIpc) is 2.57. The molecule has 0 N–H and O–H groups in total. The van der Waals surface area contributed by atoms with Gasteiger partial charge in [-0.05, 0) is 58.8 Å². The molecule has 0 saturated carbocycles. The lowest BCUT2D eigenvalue weighted by Crippen LogP contribution is -2.39. The van der Waals surface area contributed by atoms with Crippen LogP contribution < -0.4 is 0 Å². The fourth-order valence-corrected chi connectivity index (χ4v) is 2.78. The van der Waals surface area contributed by atoms with Crippen LogP contribution in [0.2, 0.25) is 0 Å². The second-order valence-corrected chi connectivity index (χ2v) is 8.41. The lowest BCUT2D eigenvalue weighted by atomic mass is 10.0. The van der Waals surface area contributed by atoms with Crippen molar-refractivity contribution in [2.45, 2.75) is 97.7 Å². The first-order chi connectivity index (χ1) is 13.6. The smallest absolute Gasteiger partial charge is 0.341 e. The Balaban J connectivity index is 4.57. The molecule has 0 aliphatic rings. The number of alkyl halides is 6. The molecule has 0 aromatic carbocycles. The van der Waals surface area contributed by atoms with Crippen molar-refractivity contribution in [3.8, 4) is 0 Å². The Morgan fingerprint density at radius 3 is 1.73 bits per heavy atom. The topological polar surface area (TPSA) is 18.5 Å². The van der Waals surface area contributed by atoms with E-state index < -0.39 is 31.4 Å². The minimum atomic E-state index is -4.64. The summed E-state index contributed by atoms with van der Waals surface area (Å²) in [6, 6.07) is 0. The molecule has 0 atom stereocenters. The first kappa shape index (κ1) is 29.0. The van der Waals surface area contributed by atoms with Gasteiger partial charge in [0.25, 0.3) is 0 Å². The molecule has 0 fully saturated rings. The molecule has 178 valence electrons. The average molecular weight is 447 g/mol. The molecule has 0 saturated heterocycles. The number of allylic oxidation sites excluding steroid dienone is 4. The maximum atomic E-state index is 12.4. The molecule has 0 unspecified atom stereocenters. The van der Waals surface area contributed by atoms with Crippen LogP contribution in [-0.4, -0.2) is 31.4 Å². The third kappa shape index (κ3) is 17.8. The molecular formula is C22H36F6O2. The van der Waals surface area contributed by atoms with Crippen molar-refractivity contribution in [3.05, 3.63) is 23.3 Å². The predicted octanol–water partition coefficient (Wildman–Crippen LogP) is 8.14. The first-order valence-corrected chi connectivity index (χ1v) is 10.3. The third-order valence-electron chi connectivity index (χ3n) is 4.56. The molecule has 0 amide bonds. The molecule has 8 heteroatoms. The summed E-state index contributed by atoms with van der Waals surface area (Å²) in [5.41, 5.74) is 2.35. The predicted molar refractivity (Wildman–Crippen MR) is 107 cm³/mol. The van der Waals surface area contributed by atoms with E-state index in [2.05, 4.69) is 36.3 Å². The number of hydrogen-bond acceptors (Lipinski definition) is 2. The van der Waals surface area contributed by atoms with E-state index in [1.54, 1.807) is 0 Å². The minimum Gasteiger partial charge on any atom is -0.341 e. The summed E-state index contributed by atoms with van der Waals surface area (Å²) >= 11 is 0. The molecule has 0 aromatic heterocycles. The molecule has 0 aromatic rings. The second kappa shape index (κ2) is 13.4. The fourth-order valence-electron chi connectivity index (χ4n) is 2.78. The second-order valence-electron chi connectivity index (χ2n) is 8.41. The Bertz CT molecular complexity index is 515. The zero-order valence-electron chi connectivity index (χ0n) is 18.7. The van der Waals surface area contributed by atoms with Crippen molar-refractivity contribution >= 4 is 0 Å². The molecule has 30 heavy (non-hydrogen) atoms. The van der Waals surface area contributed by atoms with Crippen LogP contribution >= 0.6 is 0 Å². The minimum absolute atomic E-state index is 0.111. The Morgan fingerprint density at radius 2 is 1.27 bits per heavy atom. The van der Waals surface area contributed by atoms with E-state index in [4.69, 9.17) is 0 Å². The Hall–Kier alpha value is -1.02. The van der Waals surface area contributed by atoms with Gasteiger partial charge in [0.15, 0.2) is 5.79 Å². The lowest BCUT2D eigenvalue weighted by molar-refractivity contribution is -0.305. The molecule has 0 rings (SSSR count). The summed E-state index contributed by atoms with van der Waals surface area (Å²) in [4.78, 5) is 0. The quantitative estimate of drug-likeness (QED) is 0.152. The SMILES string of the molecule is C/C(=C/CCC(C)(OCC(F)(F)F)OCC(F)(F)F)CC/C=C(\C)CCCC(C)C. The summed E-state index contributed by atoms with van der Waals surface area (Å²) in [7, 11) is 0. The zero-order chi connectivity index (χ0) is 23.4. The van der Waals surface area contributed by atoms with E-state index in [-0.39, 0.29) is 12.8 Å². The van der Waals surface area contributed by atoms with Crippen LogP contribution in [0.1, 0.15) is 79.6 Å². The Morgan fingerprint density at radius 1 is 0.800 bits per heavy atom. The molecule has 0 aliphatic heterocycles. The largest absolute Gasteiger partial charge is 0.411 e. The van der Waals surface area contributed by atoms with Gasteiger partial charge in [-0.3, -0.25) is 0 Å². The highest BCUT2D eigenvalue weighted by Gasteiger charge is 2.38. The fraction of sp³-hybridized carbons (Fsp3) is 0.818. The van der Waals surface area contributed by atoms with Crippen LogP contribution in [0.25, 0.3) is 0 Å². The number of halogens is 6. The molecule has 2 nitrogen and oxygen atoms in total. The van der Waals surface area contributed by atoms with Crippen LogP contribution in [0.3, 0.4) is 0 Å². The van der Waals surface area contributed by atoms with Gasteiger partial charge in [-0.15, -0.1) is 0 Å². The monoisotopic (exact) mass is 446 g/mol. The van der Waals surface area contributed by atoms with Gasteiger partial charge in [-0.25, -0.2) is 0 Å². The highest BCUT2D eigenvalue weighted by molar-refractivity contribution is 5.03. The van der Waals surface area contributed by atoms with Crippen LogP contribution in [0.15, 0.2) is 23.3 Å². The van der Waals surface area contributed by atoms with Gasteiger partial charge in [0, 0.05) is 6.42 Å². The van der Waals surface area contributed by atoms with Gasteiger partial charge in [-0.1, -0.05) is 43.6 Å². The van der Waals surface area contributed by atoms with Gasteiger partial charge in [-0.2, -0.15) is 26.3 Å². The Kier molecular flexibility index (Phi) is 12.9. The van der Waals surface area contributed by atoms with Crippen molar-refractivity contribution in [1.82, 2.24) is 0 Å². The van der Waals surface area contributed by atoms with Crippen LogP contribution in [-0.2, 0) is 9.47 Å². The highest BCUT2D eigenvalue weighted by Crippen LogP contribution is 2.28. The van der Waals surface area contributed by atoms with Gasteiger partial charge in [0.2, 0.25) is 0 Å². The van der Waals surface area contributed by atoms with Gasteiger partial charge < -0.3 is 9.47 Å². The van der Waals surface area contributed by atoms with Crippen molar-refractivity contribution in [2.75, 3.05) is 13.2 Å². The summed E-state index contributed by atoms with van der Waals surface area (Å²) in [6.45, 7) is 6.17. The van der Waals surface area contributed by atoms with Gasteiger partial charge >= 0.3 is 12.4 Å². The number of hydrogen-bond donors (Lipinski definition) is 0. The first-order valence-electron chi connectivity index (χ1n) is 10.3. The third-order valence-corrected chi connectivity index (χ3v) is 4.56. The summed E-state index contributed by atoms with van der Waals surface area (Å²) < 4.78 is 83.8. The number of rotatable bonds is 14. The normalized spacial score (nSPS) is 14.7. The van der Waals surface area contributed by atoms with Crippen LogP contribution in [0.4, 0.5) is 26.3 Å². The van der Waals surface area contributed by atoms with Crippen molar-refractivity contribution in [2.24, 2.45) is 5.92 Å². The molecule has 0 spiro atoms. The lowest BCUT2D eigenvalue weighted by Gasteiger charge is -2.30. The summed E-state index contributed by atoms with van der Waals surface area (Å²) in [6.07, 6.45) is -0.106. The van der Waals surface area contributed by atoms with E-state index in [1.165, 1.54) is 12.0 Å². The van der Waals surface area contributed by atoms with Crippen molar-refractivity contribution < 1.29 is 35.8 Å². The van der Waals surface area contributed by atoms with Gasteiger partial charge in [0.1, 0.15) is 13.2 Å².